The molecule has 0 unspecified atom stereocenters. The molecular weight excluding hydrogens is 358 g/mol. The standard InChI is InChI=1S/C18H19NO6S/c1-11-14-4-3-13(24-2)9-16(14)25-18(21)15(11)5-6-17(20)19-12-7-8-26(22,23)10-12/h3-4,7-9,12H,5-6,10H2,1-2H3,(H,19,20)/t12-/m0/s1. The molecule has 7 nitrogen and oxygen atoms in total. The fourth-order valence-electron chi connectivity index (χ4n) is 2.97. The van der Waals surface area contributed by atoms with Crippen molar-refractivity contribution in [1.82, 2.24) is 5.32 Å². The van der Waals surface area contributed by atoms with Gasteiger partial charge in [-0.2, -0.15) is 0 Å². The molecule has 2 heterocycles. The van der Waals surface area contributed by atoms with Crippen molar-refractivity contribution in [3.05, 3.63) is 51.2 Å². The smallest absolute Gasteiger partial charge is 0.339 e. The van der Waals surface area contributed by atoms with Gasteiger partial charge in [-0.25, -0.2) is 13.2 Å². The van der Waals surface area contributed by atoms with E-state index in [0.29, 0.717) is 16.9 Å². The van der Waals surface area contributed by atoms with Crippen LogP contribution in [0.5, 0.6) is 5.75 Å². The number of sulfone groups is 1. The third-order valence-electron chi connectivity index (χ3n) is 4.37. The molecule has 0 radical (unpaired) electrons. The topological polar surface area (TPSA) is 103 Å². The minimum absolute atomic E-state index is 0.0671. The first-order valence-corrected chi connectivity index (χ1v) is 9.81. The number of methoxy groups -OCH3 is 1. The number of fused-ring (bicyclic) bond motifs is 1. The second kappa shape index (κ2) is 6.95. The van der Waals surface area contributed by atoms with Crippen LogP contribution in [0, 0.1) is 6.92 Å². The first kappa shape index (κ1) is 18.2. The van der Waals surface area contributed by atoms with Crippen molar-refractivity contribution >= 4 is 26.7 Å². The van der Waals surface area contributed by atoms with Crippen LogP contribution >= 0.6 is 0 Å². The molecule has 0 saturated carbocycles. The monoisotopic (exact) mass is 377 g/mol. The summed E-state index contributed by atoms with van der Waals surface area (Å²) >= 11 is 0. The van der Waals surface area contributed by atoms with Crippen molar-refractivity contribution in [3.63, 3.8) is 0 Å². The number of rotatable bonds is 5. The lowest BCUT2D eigenvalue weighted by Crippen LogP contribution is -2.35. The molecule has 8 heteroatoms. The van der Waals surface area contributed by atoms with E-state index in [1.807, 2.05) is 13.0 Å². The normalized spacial score (nSPS) is 18.2. The van der Waals surface area contributed by atoms with E-state index in [-0.39, 0.29) is 24.5 Å². The number of hydrogen-bond donors (Lipinski definition) is 1. The zero-order valence-corrected chi connectivity index (χ0v) is 15.3. The van der Waals surface area contributed by atoms with Crippen molar-refractivity contribution in [2.24, 2.45) is 0 Å². The summed E-state index contributed by atoms with van der Waals surface area (Å²) in [5.74, 6) is 0.148. The largest absolute Gasteiger partial charge is 0.497 e. The summed E-state index contributed by atoms with van der Waals surface area (Å²) in [4.78, 5) is 24.3. The summed E-state index contributed by atoms with van der Waals surface area (Å²) in [5, 5.41) is 4.53. The van der Waals surface area contributed by atoms with Crippen LogP contribution in [0.4, 0.5) is 0 Å². The van der Waals surface area contributed by atoms with Crippen molar-refractivity contribution in [2.45, 2.75) is 25.8 Å². The highest BCUT2D eigenvalue weighted by molar-refractivity contribution is 7.94. The van der Waals surface area contributed by atoms with Crippen LogP contribution < -0.4 is 15.7 Å². The Labute approximate surface area is 150 Å². The van der Waals surface area contributed by atoms with Gasteiger partial charge >= 0.3 is 5.63 Å². The molecule has 1 aromatic heterocycles. The number of carbonyl (C=O) groups is 1. The molecule has 3 rings (SSSR count). The highest BCUT2D eigenvalue weighted by Crippen LogP contribution is 2.24. The zero-order valence-electron chi connectivity index (χ0n) is 14.4. The minimum Gasteiger partial charge on any atom is -0.497 e. The van der Waals surface area contributed by atoms with Gasteiger partial charge < -0.3 is 14.5 Å². The Hall–Kier alpha value is -2.61. The first-order valence-electron chi connectivity index (χ1n) is 8.10. The first-order chi connectivity index (χ1) is 12.3. The molecule has 1 aromatic carbocycles. The van der Waals surface area contributed by atoms with Crippen molar-refractivity contribution in [2.75, 3.05) is 12.9 Å². The molecule has 1 amide bonds. The van der Waals surface area contributed by atoms with Gasteiger partial charge in [0.1, 0.15) is 11.3 Å². The van der Waals surface area contributed by atoms with Crippen LogP contribution in [0.1, 0.15) is 17.5 Å². The third-order valence-corrected chi connectivity index (χ3v) is 5.77. The Morgan fingerprint density at radius 2 is 2.15 bits per heavy atom. The number of ether oxygens (including phenoxy) is 1. The van der Waals surface area contributed by atoms with Gasteiger partial charge in [-0.05, 0) is 37.1 Å². The Balaban J connectivity index is 1.74. The van der Waals surface area contributed by atoms with Crippen molar-refractivity contribution in [3.8, 4) is 5.75 Å². The molecule has 138 valence electrons. The van der Waals surface area contributed by atoms with Crippen molar-refractivity contribution < 1.29 is 22.4 Å². The molecule has 0 aliphatic carbocycles. The van der Waals surface area contributed by atoms with Gasteiger partial charge in [-0.1, -0.05) is 0 Å². The fourth-order valence-corrected chi connectivity index (χ4v) is 4.21. The van der Waals surface area contributed by atoms with Gasteiger partial charge in [0.25, 0.3) is 0 Å². The maximum Gasteiger partial charge on any atom is 0.339 e. The predicted molar refractivity (Wildman–Crippen MR) is 97.0 cm³/mol. The zero-order chi connectivity index (χ0) is 18.9. The van der Waals surface area contributed by atoms with Crippen LogP contribution in [-0.2, 0) is 21.1 Å². The van der Waals surface area contributed by atoms with Crippen LogP contribution in [0.15, 0.2) is 38.9 Å². The molecule has 1 aliphatic heterocycles. The highest BCUT2D eigenvalue weighted by atomic mass is 32.2. The molecule has 2 aromatic rings. The van der Waals surface area contributed by atoms with Crippen molar-refractivity contribution in [1.29, 1.82) is 0 Å². The molecular formula is C18H19NO6S. The summed E-state index contributed by atoms with van der Waals surface area (Å²) in [7, 11) is -1.69. The van der Waals surface area contributed by atoms with Crippen LogP contribution in [0.3, 0.4) is 0 Å². The number of nitrogens with one attached hydrogen (secondary N) is 1. The molecule has 0 bridgehead atoms. The molecule has 0 fully saturated rings. The summed E-state index contributed by atoms with van der Waals surface area (Å²) < 4.78 is 33.2. The lowest BCUT2D eigenvalue weighted by Gasteiger charge is -2.11. The van der Waals surface area contributed by atoms with Gasteiger partial charge in [0, 0.05) is 28.8 Å². The van der Waals surface area contributed by atoms with Gasteiger partial charge in [0.05, 0.1) is 18.9 Å². The van der Waals surface area contributed by atoms with E-state index in [9.17, 15) is 18.0 Å². The maximum atomic E-state index is 12.3. The summed E-state index contributed by atoms with van der Waals surface area (Å²) in [6, 6.07) is 4.71. The summed E-state index contributed by atoms with van der Waals surface area (Å²) in [5.41, 5.74) is 1.14. The van der Waals surface area contributed by atoms with Crippen LogP contribution in [0.2, 0.25) is 0 Å². The number of hydrogen-bond acceptors (Lipinski definition) is 6. The quantitative estimate of drug-likeness (QED) is 0.792. The lowest BCUT2D eigenvalue weighted by molar-refractivity contribution is -0.121. The summed E-state index contributed by atoms with van der Waals surface area (Å²) in [6.07, 6.45) is 1.74. The second-order valence-electron chi connectivity index (χ2n) is 6.19. The van der Waals surface area contributed by atoms with E-state index < -0.39 is 21.5 Å². The number of amides is 1. The van der Waals surface area contributed by atoms with Gasteiger partial charge in [-0.15, -0.1) is 0 Å². The molecule has 1 aliphatic rings. The molecule has 0 spiro atoms. The van der Waals surface area contributed by atoms with Gasteiger partial charge in [0.15, 0.2) is 9.84 Å². The Morgan fingerprint density at radius 1 is 1.38 bits per heavy atom. The molecule has 0 saturated heterocycles. The molecule has 1 atom stereocenters. The van der Waals surface area contributed by atoms with E-state index in [1.54, 1.807) is 12.1 Å². The average molecular weight is 377 g/mol. The molecule has 26 heavy (non-hydrogen) atoms. The number of benzene rings is 1. The maximum absolute atomic E-state index is 12.3. The Kier molecular flexibility index (Phi) is 4.86. The lowest BCUT2D eigenvalue weighted by atomic mass is 10.0. The number of aryl methyl sites for hydroxylation is 1. The van der Waals surface area contributed by atoms with Gasteiger partial charge in [-0.3, -0.25) is 4.79 Å². The third kappa shape index (κ3) is 3.80. The highest BCUT2D eigenvalue weighted by Gasteiger charge is 2.23. The average Bonchev–Trinajstić information content (AvgIpc) is 2.92. The minimum atomic E-state index is -3.22. The van der Waals surface area contributed by atoms with Crippen LogP contribution in [0.25, 0.3) is 11.0 Å². The van der Waals surface area contributed by atoms with Crippen LogP contribution in [-0.4, -0.2) is 33.2 Å². The summed E-state index contributed by atoms with van der Waals surface area (Å²) in [6.45, 7) is 1.81. The second-order valence-corrected chi connectivity index (χ2v) is 8.12. The number of carbonyl (C=O) groups excluding carboxylic acids is 1. The Morgan fingerprint density at radius 3 is 2.81 bits per heavy atom. The van der Waals surface area contributed by atoms with E-state index >= 15 is 0 Å². The SMILES string of the molecule is COc1ccc2c(C)c(CCC(=O)N[C@H]3C=CS(=O)(=O)C3)c(=O)oc2c1. The fraction of sp³-hybridized carbons (Fsp3) is 0.333. The van der Waals surface area contributed by atoms with E-state index in [2.05, 4.69) is 5.32 Å². The van der Waals surface area contributed by atoms with Gasteiger partial charge in [0.2, 0.25) is 5.91 Å². The van der Waals surface area contributed by atoms with E-state index in [0.717, 1.165) is 16.4 Å². The molecule has 1 N–H and O–H groups in total. The van der Waals surface area contributed by atoms with E-state index in [1.165, 1.54) is 13.2 Å². The predicted octanol–water partition coefficient (Wildman–Crippen LogP) is 1.47. The van der Waals surface area contributed by atoms with E-state index in [4.69, 9.17) is 9.15 Å². The Bertz CT molecular complexity index is 1050.